The van der Waals surface area contributed by atoms with Crippen LogP contribution in [0.2, 0.25) is 0 Å². The molecule has 7 nitrogen and oxygen atoms in total. The highest BCUT2D eigenvalue weighted by Crippen LogP contribution is 2.32. The van der Waals surface area contributed by atoms with Crippen molar-refractivity contribution in [2.75, 3.05) is 6.54 Å². The molecule has 1 atom stereocenters. The van der Waals surface area contributed by atoms with Gasteiger partial charge in [-0.05, 0) is 42.6 Å². The van der Waals surface area contributed by atoms with Crippen LogP contribution < -0.4 is 10.0 Å². The first-order valence-electron chi connectivity index (χ1n) is 9.01. The Bertz CT molecular complexity index is 1060. The number of hydrogen-bond acceptors (Lipinski definition) is 7. The maximum Gasteiger partial charge on any atom is 0.287 e. The number of ketones is 1. The summed E-state index contributed by atoms with van der Waals surface area (Å²) in [5, 5.41) is 2.90. The maximum absolute atomic E-state index is 12.7. The van der Waals surface area contributed by atoms with E-state index in [4.69, 9.17) is 4.42 Å². The zero-order valence-corrected chi connectivity index (χ0v) is 16.4. The minimum absolute atomic E-state index is 0.0144. The molecule has 1 aliphatic heterocycles. The number of nitrogens with zero attached hydrogens (tertiary/aromatic N) is 2. The molecule has 0 aliphatic carbocycles. The summed E-state index contributed by atoms with van der Waals surface area (Å²) in [5.41, 5.74) is 2.25. The number of carbonyl (C=O) groups excluding carboxylic acids is 2. The number of hydrogen-bond donors (Lipinski definition) is 2. The van der Waals surface area contributed by atoms with Gasteiger partial charge in [0.15, 0.2) is 5.78 Å². The van der Waals surface area contributed by atoms with Crippen molar-refractivity contribution in [2.45, 2.75) is 17.7 Å². The van der Waals surface area contributed by atoms with Crippen LogP contribution in [0.4, 0.5) is 5.69 Å². The molecule has 1 unspecified atom stereocenters. The second-order valence-corrected chi connectivity index (χ2v) is 7.29. The number of benzene rings is 2. The van der Waals surface area contributed by atoms with Gasteiger partial charge in [0.1, 0.15) is 6.26 Å². The van der Waals surface area contributed by atoms with Crippen LogP contribution in [0.3, 0.4) is 0 Å². The third kappa shape index (κ3) is 4.22. The Kier molecular flexibility index (Phi) is 5.44. The van der Waals surface area contributed by atoms with Crippen LogP contribution in [-0.2, 0) is 4.79 Å². The van der Waals surface area contributed by atoms with Crippen molar-refractivity contribution in [1.29, 1.82) is 0 Å². The number of carbonyl (C=O) groups is 2. The molecule has 3 aromatic rings. The smallest absolute Gasteiger partial charge is 0.287 e. The average molecular weight is 406 g/mol. The summed E-state index contributed by atoms with van der Waals surface area (Å²) in [6, 6.07) is 15.0. The van der Waals surface area contributed by atoms with Crippen molar-refractivity contribution in [3.63, 3.8) is 0 Å². The normalized spacial score (nSPS) is 13.6. The van der Waals surface area contributed by atoms with E-state index in [9.17, 15) is 9.59 Å². The van der Waals surface area contributed by atoms with Gasteiger partial charge in [0.2, 0.25) is 11.7 Å². The number of fused-ring (bicyclic) bond motifs is 1. The maximum atomic E-state index is 12.7. The summed E-state index contributed by atoms with van der Waals surface area (Å²) in [6.45, 7) is 1.83. The molecule has 4 rings (SSSR count). The highest BCUT2D eigenvalue weighted by atomic mass is 32.2. The fourth-order valence-corrected chi connectivity index (χ4v) is 3.72. The number of aromatic nitrogens is 1. The number of rotatable bonds is 6. The van der Waals surface area contributed by atoms with E-state index < -0.39 is 0 Å². The topological polar surface area (TPSA) is 96.6 Å². The Hall–Kier alpha value is -3.39. The zero-order valence-electron chi connectivity index (χ0n) is 15.6. The van der Waals surface area contributed by atoms with E-state index >= 15 is 0 Å². The van der Waals surface area contributed by atoms with E-state index in [0.29, 0.717) is 23.7 Å². The van der Waals surface area contributed by atoms with E-state index in [1.165, 1.54) is 25.1 Å². The Morgan fingerprint density at radius 1 is 1.21 bits per heavy atom. The molecule has 0 saturated carbocycles. The van der Waals surface area contributed by atoms with Gasteiger partial charge in [0.05, 0.1) is 22.7 Å². The van der Waals surface area contributed by atoms with Crippen LogP contribution >= 0.6 is 11.9 Å². The van der Waals surface area contributed by atoms with Crippen LogP contribution in [0.1, 0.15) is 34.7 Å². The average Bonchev–Trinajstić information content (AvgIpc) is 3.28. The Labute approximate surface area is 171 Å². The molecule has 29 heavy (non-hydrogen) atoms. The standard InChI is InChI=1S/C21H18N4O3S/c1-13(26)15-7-8-17-18(11-15)29-25-19(24-17)20(27)23-12-16(21-22-9-10-28-21)14-5-3-2-4-6-14/h2-11,16H,12H2,1H3,(H,23,27)(H,24,25). The third-order valence-electron chi connectivity index (χ3n) is 4.49. The van der Waals surface area contributed by atoms with Gasteiger partial charge in [-0.25, -0.2) is 9.98 Å². The molecular weight excluding hydrogens is 388 g/mol. The predicted octanol–water partition coefficient (Wildman–Crippen LogP) is 3.47. The lowest BCUT2D eigenvalue weighted by Crippen LogP contribution is -2.40. The summed E-state index contributed by atoms with van der Waals surface area (Å²) in [5.74, 6) is 0.187. The lowest BCUT2D eigenvalue weighted by Gasteiger charge is -2.18. The summed E-state index contributed by atoms with van der Waals surface area (Å²) >= 11 is 1.26. The Balaban J connectivity index is 1.49. The van der Waals surface area contributed by atoms with Gasteiger partial charge in [-0.2, -0.15) is 0 Å². The van der Waals surface area contributed by atoms with Gasteiger partial charge in [-0.1, -0.05) is 30.3 Å². The van der Waals surface area contributed by atoms with Crippen LogP contribution in [0, 0.1) is 0 Å². The molecule has 146 valence electrons. The third-order valence-corrected chi connectivity index (χ3v) is 5.33. The predicted molar refractivity (Wildman–Crippen MR) is 110 cm³/mol. The van der Waals surface area contributed by atoms with E-state index in [2.05, 4.69) is 20.0 Å². The van der Waals surface area contributed by atoms with Gasteiger partial charge in [0, 0.05) is 12.1 Å². The minimum atomic E-state index is -0.328. The SMILES string of the molecule is CC(=O)c1ccc2c(c1)SNC(C(=O)NCC(c1ccccc1)c1ncco1)=N2. The molecule has 1 aliphatic rings. The molecular formula is C21H18N4O3S. The van der Waals surface area contributed by atoms with Crippen LogP contribution in [0.15, 0.2) is 75.3 Å². The molecule has 0 bridgehead atoms. The van der Waals surface area contributed by atoms with Gasteiger partial charge >= 0.3 is 0 Å². The van der Waals surface area contributed by atoms with Crippen molar-refractivity contribution in [3.05, 3.63) is 78.0 Å². The van der Waals surface area contributed by atoms with Crippen molar-refractivity contribution in [2.24, 2.45) is 4.99 Å². The molecule has 2 heterocycles. The molecule has 0 spiro atoms. The molecule has 2 aromatic carbocycles. The molecule has 0 saturated heterocycles. The fourth-order valence-electron chi connectivity index (χ4n) is 2.97. The molecule has 0 fully saturated rings. The fraction of sp³-hybridized carbons (Fsp3) is 0.143. The summed E-state index contributed by atoms with van der Waals surface area (Å²) < 4.78 is 8.41. The molecule has 1 aromatic heterocycles. The number of Topliss-reactive ketones (excluding diaryl/α,β-unsaturated/α-hetero) is 1. The van der Waals surface area contributed by atoms with Crippen LogP contribution in [-0.4, -0.2) is 29.1 Å². The number of nitrogens with one attached hydrogen (secondary N) is 2. The van der Waals surface area contributed by atoms with E-state index in [0.717, 1.165) is 10.5 Å². The Morgan fingerprint density at radius 3 is 2.76 bits per heavy atom. The number of amidine groups is 1. The molecule has 0 radical (unpaired) electrons. The summed E-state index contributed by atoms with van der Waals surface area (Å²) in [6.07, 6.45) is 3.10. The lowest BCUT2D eigenvalue weighted by atomic mass is 9.99. The lowest BCUT2D eigenvalue weighted by molar-refractivity contribution is -0.115. The van der Waals surface area contributed by atoms with Crippen LogP contribution in [0.25, 0.3) is 0 Å². The van der Waals surface area contributed by atoms with Crippen molar-refractivity contribution in [1.82, 2.24) is 15.0 Å². The Morgan fingerprint density at radius 2 is 2.03 bits per heavy atom. The summed E-state index contributed by atoms with van der Waals surface area (Å²) in [7, 11) is 0. The monoisotopic (exact) mass is 406 g/mol. The van der Waals surface area contributed by atoms with Gasteiger partial charge in [-0.3, -0.25) is 9.59 Å². The quantitative estimate of drug-likeness (QED) is 0.481. The van der Waals surface area contributed by atoms with Crippen molar-refractivity contribution >= 4 is 35.2 Å². The van der Waals surface area contributed by atoms with Crippen LogP contribution in [0.5, 0.6) is 0 Å². The number of aliphatic imine (C=N–C) groups is 1. The van der Waals surface area contributed by atoms with E-state index in [1.807, 2.05) is 30.3 Å². The van der Waals surface area contributed by atoms with E-state index in [-0.39, 0.29) is 23.4 Å². The van der Waals surface area contributed by atoms with Gasteiger partial charge in [0.25, 0.3) is 5.91 Å². The highest BCUT2D eigenvalue weighted by Gasteiger charge is 2.23. The second kappa shape index (κ2) is 8.32. The molecule has 1 amide bonds. The van der Waals surface area contributed by atoms with Crippen molar-refractivity contribution in [3.8, 4) is 0 Å². The first kappa shape index (κ1) is 18.9. The number of amides is 1. The first-order valence-corrected chi connectivity index (χ1v) is 9.82. The van der Waals surface area contributed by atoms with Gasteiger partial charge < -0.3 is 14.5 Å². The van der Waals surface area contributed by atoms with Gasteiger partial charge in [-0.15, -0.1) is 0 Å². The van der Waals surface area contributed by atoms with E-state index in [1.54, 1.807) is 24.4 Å². The highest BCUT2D eigenvalue weighted by molar-refractivity contribution is 7.98. The number of oxazole rings is 1. The second-order valence-electron chi connectivity index (χ2n) is 6.45. The largest absolute Gasteiger partial charge is 0.448 e. The minimum Gasteiger partial charge on any atom is -0.448 e. The zero-order chi connectivity index (χ0) is 20.2. The molecule has 2 N–H and O–H groups in total. The van der Waals surface area contributed by atoms with Crippen molar-refractivity contribution < 1.29 is 14.0 Å². The first-order chi connectivity index (χ1) is 14.1. The molecule has 8 heteroatoms. The summed E-state index contributed by atoms with van der Waals surface area (Å²) in [4.78, 5) is 33.6.